The Hall–Kier alpha value is -1.30. The maximum atomic E-state index is 10.4. The van der Waals surface area contributed by atoms with Crippen molar-refractivity contribution in [3.63, 3.8) is 0 Å². The number of aromatic nitrogens is 3. The van der Waals surface area contributed by atoms with E-state index in [4.69, 9.17) is 23.2 Å². The minimum Gasteiger partial charge on any atom is -0.508 e. The molecule has 0 amide bonds. The van der Waals surface area contributed by atoms with E-state index in [-0.39, 0.29) is 11.7 Å². The van der Waals surface area contributed by atoms with Crippen LogP contribution in [0.15, 0.2) is 12.1 Å². The second-order valence-electron chi connectivity index (χ2n) is 8.88. The Labute approximate surface area is 182 Å². The highest BCUT2D eigenvalue weighted by molar-refractivity contribution is 6.42. The van der Waals surface area contributed by atoms with Gasteiger partial charge in [-0.2, -0.15) is 0 Å². The molecule has 1 unspecified atom stereocenters. The van der Waals surface area contributed by atoms with Gasteiger partial charge in [-0.15, -0.1) is 10.2 Å². The Morgan fingerprint density at radius 1 is 0.931 bits per heavy atom. The average molecular weight is 435 g/mol. The van der Waals surface area contributed by atoms with Crippen molar-refractivity contribution in [2.75, 3.05) is 13.1 Å². The van der Waals surface area contributed by atoms with Crippen LogP contribution in [0.1, 0.15) is 74.0 Å². The molecule has 1 aromatic carbocycles. The third kappa shape index (κ3) is 3.66. The summed E-state index contributed by atoms with van der Waals surface area (Å²) in [5, 5.41) is 20.4. The van der Waals surface area contributed by atoms with Gasteiger partial charge in [-0.05, 0) is 50.9 Å². The fourth-order valence-electron chi connectivity index (χ4n) is 5.61. The number of fused-ring (bicyclic) bond motifs is 1. The van der Waals surface area contributed by atoms with Crippen LogP contribution < -0.4 is 0 Å². The van der Waals surface area contributed by atoms with E-state index in [0.29, 0.717) is 16.0 Å². The van der Waals surface area contributed by atoms with Crippen LogP contribution in [0, 0.1) is 0 Å². The number of phenols is 1. The molecule has 2 aliphatic heterocycles. The molecule has 5 nitrogen and oxygen atoms in total. The lowest BCUT2D eigenvalue weighted by Crippen LogP contribution is -2.42. The summed E-state index contributed by atoms with van der Waals surface area (Å²) in [5.74, 6) is 2.88. The number of likely N-dealkylation sites (tertiary alicyclic amines) is 1. The fourth-order valence-corrected chi connectivity index (χ4v) is 6.09. The van der Waals surface area contributed by atoms with Crippen LogP contribution in [0.2, 0.25) is 10.0 Å². The first kappa shape index (κ1) is 19.7. The minimum absolute atomic E-state index is 0.0905. The van der Waals surface area contributed by atoms with Crippen molar-refractivity contribution in [3.05, 3.63) is 39.4 Å². The Morgan fingerprint density at radius 3 is 2.45 bits per heavy atom. The topological polar surface area (TPSA) is 54.2 Å². The zero-order valence-electron chi connectivity index (χ0n) is 16.7. The third-order valence-corrected chi connectivity index (χ3v) is 8.01. The number of hydrogen-bond acceptors (Lipinski definition) is 4. The summed E-state index contributed by atoms with van der Waals surface area (Å²) in [6.45, 7) is 3.10. The molecule has 0 radical (unpaired) electrons. The van der Waals surface area contributed by atoms with Gasteiger partial charge in [0.2, 0.25) is 0 Å². The van der Waals surface area contributed by atoms with Crippen LogP contribution in [-0.4, -0.2) is 43.9 Å². The number of rotatable bonds is 3. The van der Waals surface area contributed by atoms with E-state index in [1.54, 1.807) is 12.1 Å². The Balaban J connectivity index is 1.29. The Bertz CT molecular complexity index is 885. The highest BCUT2D eigenvalue weighted by Gasteiger charge is 2.35. The van der Waals surface area contributed by atoms with Gasteiger partial charge in [0.05, 0.1) is 10.0 Å². The van der Waals surface area contributed by atoms with Crippen molar-refractivity contribution in [2.24, 2.45) is 0 Å². The zero-order chi connectivity index (χ0) is 20.0. The Morgan fingerprint density at radius 2 is 1.69 bits per heavy atom. The van der Waals surface area contributed by atoms with Gasteiger partial charge in [-0.25, -0.2) is 0 Å². The number of benzene rings is 1. The molecular weight excluding hydrogens is 407 g/mol. The van der Waals surface area contributed by atoms with Crippen molar-refractivity contribution < 1.29 is 5.11 Å². The lowest BCUT2D eigenvalue weighted by Gasteiger charge is -2.39. The number of halogens is 2. The second-order valence-corrected chi connectivity index (χ2v) is 9.67. The summed E-state index contributed by atoms with van der Waals surface area (Å²) < 4.78 is 2.27. The lowest BCUT2D eigenvalue weighted by molar-refractivity contribution is 0.120. The summed E-state index contributed by atoms with van der Waals surface area (Å²) in [7, 11) is 0. The van der Waals surface area contributed by atoms with Crippen LogP contribution in [0.5, 0.6) is 5.75 Å². The predicted molar refractivity (Wildman–Crippen MR) is 115 cm³/mol. The zero-order valence-corrected chi connectivity index (χ0v) is 18.2. The van der Waals surface area contributed by atoms with Crippen molar-refractivity contribution in [1.29, 1.82) is 0 Å². The van der Waals surface area contributed by atoms with Crippen LogP contribution in [-0.2, 0) is 13.0 Å². The first-order chi connectivity index (χ1) is 14.1. The smallest absolute Gasteiger partial charge is 0.136 e. The van der Waals surface area contributed by atoms with Crippen LogP contribution >= 0.6 is 23.2 Å². The van der Waals surface area contributed by atoms with E-state index in [9.17, 15) is 5.11 Å². The lowest BCUT2D eigenvalue weighted by atomic mass is 9.90. The maximum Gasteiger partial charge on any atom is 0.136 e. The third-order valence-electron chi connectivity index (χ3n) is 7.19. The molecule has 29 heavy (non-hydrogen) atoms. The quantitative estimate of drug-likeness (QED) is 0.725. The van der Waals surface area contributed by atoms with E-state index in [1.165, 1.54) is 45.2 Å². The molecule has 1 aromatic heterocycles. The number of nitrogens with zero attached hydrogens (tertiary/aromatic N) is 4. The number of hydrogen-bond donors (Lipinski definition) is 1. The predicted octanol–water partition coefficient (Wildman–Crippen LogP) is 5.14. The Kier molecular flexibility index (Phi) is 5.48. The molecule has 1 atom stereocenters. The van der Waals surface area contributed by atoms with Gasteiger partial charge in [-0.3, -0.25) is 0 Å². The monoisotopic (exact) mass is 434 g/mol. The molecule has 2 aromatic rings. The van der Waals surface area contributed by atoms with Crippen molar-refractivity contribution in [2.45, 2.75) is 75.8 Å². The molecule has 3 heterocycles. The first-order valence-electron chi connectivity index (χ1n) is 10.9. The summed E-state index contributed by atoms with van der Waals surface area (Å²) in [6.07, 6.45) is 9.98. The molecule has 3 aliphatic rings. The number of piperidine rings is 1. The SMILES string of the molecule is Oc1ccc(Cl)c(Cl)c1C1Cc2nnc(C3CCN(C4CCCCC4)CC3)n2C1. The van der Waals surface area contributed by atoms with Gasteiger partial charge < -0.3 is 14.6 Å². The maximum absolute atomic E-state index is 10.4. The van der Waals surface area contributed by atoms with E-state index in [1.807, 2.05) is 0 Å². The van der Waals surface area contributed by atoms with Crippen molar-refractivity contribution in [1.82, 2.24) is 19.7 Å². The van der Waals surface area contributed by atoms with Gasteiger partial charge in [-0.1, -0.05) is 42.5 Å². The largest absolute Gasteiger partial charge is 0.508 e. The van der Waals surface area contributed by atoms with Crippen LogP contribution in [0.4, 0.5) is 0 Å². The highest BCUT2D eigenvalue weighted by Crippen LogP contribution is 2.43. The fraction of sp³-hybridized carbons (Fsp3) is 0.636. The minimum atomic E-state index is 0.0905. The average Bonchev–Trinajstić information content (AvgIpc) is 3.33. The van der Waals surface area contributed by atoms with Gasteiger partial charge in [0.25, 0.3) is 0 Å². The summed E-state index contributed by atoms with van der Waals surface area (Å²) in [6, 6.07) is 4.07. The molecule has 1 N–H and O–H groups in total. The molecular formula is C22H28Cl2N4O. The molecule has 7 heteroatoms. The van der Waals surface area contributed by atoms with Crippen molar-refractivity contribution in [3.8, 4) is 5.75 Å². The van der Waals surface area contributed by atoms with Crippen LogP contribution in [0.3, 0.4) is 0 Å². The second kappa shape index (κ2) is 8.09. The molecule has 1 saturated carbocycles. The molecule has 5 rings (SSSR count). The van der Waals surface area contributed by atoms with E-state index >= 15 is 0 Å². The molecule has 1 saturated heterocycles. The van der Waals surface area contributed by atoms with E-state index in [0.717, 1.165) is 49.1 Å². The molecule has 0 bridgehead atoms. The molecule has 2 fully saturated rings. The normalized spacial score (nSPS) is 24.1. The van der Waals surface area contributed by atoms with E-state index < -0.39 is 0 Å². The first-order valence-corrected chi connectivity index (χ1v) is 11.7. The van der Waals surface area contributed by atoms with Gasteiger partial charge >= 0.3 is 0 Å². The summed E-state index contributed by atoms with van der Waals surface area (Å²) in [5.41, 5.74) is 0.739. The van der Waals surface area contributed by atoms with Gasteiger partial charge in [0, 0.05) is 36.4 Å². The number of phenolic OH excluding ortho intramolecular Hbond substituents is 1. The summed E-state index contributed by atoms with van der Waals surface area (Å²) >= 11 is 12.6. The standard InChI is InChI=1S/C22H28Cl2N4O/c23-17-6-7-18(29)20(21(17)24)15-12-19-25-26-22(28(19)13-15)14-8-10-27(11-9-14)16-4-2-1-3-5-16/h6-7,14-16,29H,1-5,8-13H2. The highest BCUT2D eigenvalue weighted by atomic mass is 35.5. The molecule has 156 valence electrons. The number of aromatic hydroxyl groups is 1. The van der Waals surface area contributed by atoms with Crippen molar-refractivity contribution >= 4 is 23.2 Å². The summed E-state index contributed by atoms with van der Waals surface area (Å²) in [4.78, 5) is 2.71. The van der Waals surface area contributed by atoms with Gasteiger partial charge in [0.15, 0.2) is 0 Å². The molecule has 0 spiro atoms. The van der Waals surface area contributed by atoms with E-state index in [2.05, 4.69) is 19.7 Å². The van der Waals surface area contributed by atoms with Crippen LogP contribution in [0.25, 0.3) is 0 Å². The molecule has 1 aliphatic carbocycles. The van der Waals surface area contributed by atoms with Gasteiger partial charge in [0.1, 0.15) is 17.4 Å².